The van der Waals surface area contributed by atoms with Gasteiger partial charge in [-0.25, -0.2) is 9.97 Å². The molecular formula is C17H20N4O. The molecule has 114 valence electrons. The Morgan fingerprint density at radius 2 is 2.18 bits per heavy atom. The van der Waals surface area contributed by atoms with Crippen LogP contribution >= 0.6 is 0 Å². The fourth-order valence-electron chi connectivity index (χ4n) is 2.66. The van der Waals surface area contributed by atoms with Gasteiger partial charge in [0.05, 0.1) is 0 Å². The van der Waals surface area contributed by atoms with Crippen molar-refractivity contribution in [2.24, 2.45) is 5.92 Å². The first-order valence-corrected chi connectivity index (χ1v) is 7.74. The van der Waals surface area contributed by atoms with Gasteiger partial charge in [-0.2, -0.15) is 0 Å². The predicted octanol–water partition coefficient (Wildman–Crippen LogP) is 2.52. The fraction of sp³-hybridized carbons (Fsp3) is 0.412. The number of Topliss-reactive ketones (excluding diaryl/α,β-unsaturated/α-hetero) is 1. The first-order chi connectivity index (χ1) is 10.7. The highest BCUT2D eigenvalue weighted by Gasteiger charge is 2.25. The third-order valence-electron chi connectivity index (χ3n) is 4.02. The highest BCUT2D eigenvalue weighted by Crippen LogP contribution is 2.23. The lowest BCUT2D eigenvalue weighted by Gasteiger charge is -2.31. The van der Waals surface area contributed by atoms with E-state index in [4.69, 9.17) is 0 Å². The number of carbonyl (C=O) groups is 1. The van der Waals surface area contributed by atoms with Gasteiger partial charge in [-0.05, 0) is 18.6 Å². The quantitative estimate of drug-likeness (QED) is 0.871. The Morgan fingerprint density at radius 3 is 2.86 bits per heavy atom. The first-order valence-electron chi connectivity index (χ1n) is 7.74. The van der Waals surface area contributed by atoms with Crippen molar-refractivity contribution < 1.29 is 4.79 Å². The highest BCUT2D eigenvalue weighted by molar-refractivity contribution is 5.83. The van der Waals surface area contributed by atoms with Gasteiger partial charge in [0, 0.05) is 43.4 Å². The molecule has 1 aliphatic heterocycles. The lowest BCUT2D eigenvalue weighted by molar-refractivity contribution is -0.122. The molecule has 22 heavy (non-hydrogen) atoms. The summed E-state index contributed by atoms with van der Waals surface area (Å²) in [6, 6.07) is 7.76. The van der Waals surface area contributed by atoms with Crippen LogP contribution in [0.3, 0.4) is 0 Å². The Hall–Kier alpha value is -2.30. The summed E-state index contributed by atoms with van der Waals surface area (Å²) in [6.07, 6.45) is 3.18. The topological polar surface area (TPSA) is 59.0 Å². The molecule has 2 aromatic heterocycles. The maximum Gasteiger partial charge on any atom is 0.180 e. The summed E-state index contributed by atoms with van der Waals surface area (Å²) < 4.78 is 0. The van der Waals surface area contributed by atoms with Crippen molar-refractivity contribution >= 4 is 11.6 Å². The number of piperidine rings is 1. The minimum absolute atomic E-state index is 0.0621. The average molecular weight is 296 g/mol. The van der Waals surface area contributed by atoms with Crippen LogP contribution in [0.1, 0.15) is 26.0 Å². The van der Waals surface area contributed by atoms with Crippen LogP contribution < -0.4 is 4.90 Å². The molecule has 1 fully saturated rings. The van der Waals surface area contributed by atoms with Gasteiger partial charge < -0.3 is 4.90 Å². The zero-order chi connectivity index (χ0) is 15.5. The first kappa shape index (κ1) is 14.6. The molecule has 0 bridgehead atoms. The van der Waals surface area contributed by atoms with Crippen LogP contribution in [0.4, 0.5) is 5.82 Å². The van der Waals surface area contributed by atoms with Crippen LogP contribution in [0.2, 0.25) is 0 Å². The van der Waals surface area contributed by atoms with E-state index < -0.39 is 0 Å². The third kappa shape index (κ3) is 2.98. The molecule has 1 saturated heterocycles. The second kappa shape index (κ2) is 6.22. The standard InChI is InChI=1S/C17H20N4O/c1-3-13-10-16(21-9-7-15(22)12(2)11-21)20-17(19-13)14-6-4-5-8-18-14/h4-6,8,10,12H,3,7,9,11H2,1-2H3/t12-/m0/s1. The van der Waals surface area contributed by atoms with Crippen molar-refractivity contribution in [2.75, 3.05) is 18.0 Å². The monoisotopic (exact) mass is 296 g/mol. The fourth-order valence-corrected chi connectivity index (χ4v) is 2.66. The number of ketones is 1. The minimum atomic E-state index is 0.0621. The van der Waals surface area contributed by atoms with E-state index in [9.17, 15) is 4.79 Å². The Labute approximate surface area is 130 Å². The maximum atomic E-state index is 11.7. The molecule has 3 rings (SSSR count). The van der Waals surface area contributed by atoms with E-state index in [0.717, 1.165) is 36.7 Å². The number of hydrogen-bond acceptors (Lipinski definition) is 5. The predicted molar refractivity (Wildman–Crippen MR) is 85.6 cm³/mol. The number of aromatic nitrogens is 3. The van der Waals surface area contributed by atoms with Crippen LogP contribution in [0, 0.1) is 5.92 Å². The van der Waals surface area contributed by atoms with Crippen molar-refractivity contribution in [3.8, 4) is 11.5 Å². The van der Waals surface area contributed by atoms with Crippen molar-refractivity contribution in [3.05, 3.63) is 36.2 Å². The molecule has 0 unspecified atom stereocenters. The molecule has 0 aromatic carbocycles. The smallest absolute Gasteiger partial charge is 0.180 e. The van der Waals surface area contributed by atoms with Crippen LogP contribution in [0.15, 0.2) is 30.5 Å². The summed E-state index contributed by atoms with van der Waals surface area (Å²) >= 11 is 0. The summed E-state index contributed by atoms with van der Waals surface area (Å²) in [5.41, 5.74) is 1.77. The second-order valence-corrected chi connectivity index (χ2v) is 5.67. The van der Waals surface area contributed by atoms with Gasteiger partial charge in [-0.15, -0.1) is 0 Å². The molecular weight excluding hydrogens is 276 g/mol. The number of hydrogen-bond donors (Lipinski definition) is 0. The maximum absolute atomic E-state index is 11.7. The molecule has 0 saturated carbocycles. The number of aryl methyl sites for hydroxylation is 1. The van der Waals surface area contributed by atoms with E-state index in [1.807, 2.05) is 31.2 Å². The lowest BCUT2D eigenvalue weighted by atomic mass is 9.98. The van der Waals surface area contributed by atoms with Gasteiger partial charge in [0.25, 0.3) is 0 Å². The summed E-state index contributed by atoms with van der Waals surface area (Å²) in [6.45, 7) is 5.51. The van der Waals surface area contributed by atoms with Gasteiger partial charge >= 0.3 is 0 Å². The number of nitrogens with zero attached hydrogens (tertiary/aromatic N) is 4. The molecule has 0 amide bonds. The SMILES string of the molecule is CCc1cc(N2CCC(=O)[C@@H](C)C2)nc(-c2ccccn2)n1. The molecule has 5 heteroatoms. The largest absolute Gasteiger partial charge is 0.355 e. The Balaban J connectivity index is 1.96. The number of anilines is 1. The zero-order valence-electron chi connectivity index (χ0n) is 13.0. The van der Waals surface area contributed by atoms with E-state index in [0.29, 0.717) is 18.0 Å². The summed E-state index contributed by atoms with van der Waals surface area (Å²) in [7, 11) is 0. The molecule has 2 aromatic rings. The Morgan fingerprint density at radius 1 is 1.32 bits per heavy atom. The van der Waals surface area contributed by atoms with Gasteiger partial charge in [0.15, 0.2) is 5.82 Å². The van der Waals surface area contributed by atoms with Crippen molar-refractivity contribution in [2.45, 2.75) is 26.7 Å². The van der Waals surface area contributed by atoms with Gasteiger partial charge in [0.2, 0.25) is 0 Å². The molecule has 5 nitrogen and oxygen atoms in total. The molecule has 0 N–H and O–H groups in total. The average Bonchev–Trinajstić information content (AvgIpc) is 2.57. The molecule has 1 aliphatic rings. The van der Waals surface area contributed by atoms with E-state index in [1.54, 1.807) is 6.20 Å². The van der Waals surface area contributed by atoms with Gasteiger partial charge in [-0.3, -0.25) is 9.78 Å². The second-order valence-electron chi connectivity index (χ2n) is 5.67. The zero-order valence-corrected chi connectivity index (χ0v) is 13.0. The Kier molecular flexibility index (Phi) is 4.13. The number of pyridine rings is 1. The van der Waals surface area contributed by atoms with Crippen LogP contribution in [0.25, 0.3) is 11.5 Å². The number of rotatable bonds is 3. The molecule has 1 atom stereocenters. The third-order valence-corrected chi connectivity index (χ3v) is 4.02. The minimum Gasteiger partial charge on any atom is -0.355 e. The molecule has 3 heterocycles. The van der Waals surface area contributed by atoms with E-state index in [2.05, 4.69) is 26.8 Å². The van der Waals surface area contributed by atoms with Crippen LogP contribution in [-0.4, -0.2) is 33.8 Å². The molecule has 0 spiro atoms. The Bertz CT molecular complexity index is 672. The van der Waals surface area contributed by atoms with E-state index in [-0.39, 0.29) is 5.92 Å². The summed E-state index contributed by atoms with van der Waals surface area (Å²) in [5.74, 6) is 1.95. The summed E-state index contributed by atoms with van der Waals surface area (Å²) in [5, 5.41) is 0. The van der Waals surface area contributed by atoms with Gasteiger partial charge in [-0.1, -0.05) is 19.9 Å². The number of carbonyl (C=O) groups excluding carboxylic acids is 1. The molecule has 0 aliphatic carbocycles. The lowest BCUT2D eigenvalue weighted by Crippen LogP contribution is -2.40. The summed E-state index contributed by atoms with van der Waals surface area (Å²) in [4.78, 5) is 27.5. The molecule has 0 radical (unpaired) electrons. The van der Waals surface area contributed by atoms with Crippen molar-refractivity contribution in [1.82, 2.24) is 15.0 Å². The van der Waals surface area contributed by atoms with Crippen molar-refractivity contribution in [3.63, 3.8) is 0 Å². The van der Waals surface area contributed by atoms with Crippen molar-refractivity contribution in [1.29, 1.82) is 0 Å². The van der Waals surface area contributed by atoms with E-state index in [1.165, 1.54) is 0 Å². The van der Waals surface area contributed by atoms with Crippen LogP contribution in [-0.2, 0) is 11.2 Å². The van der Waals surface area contributed by atoms with E-state index >= 15 is 0 Å². The highest BCUT2D eigenvalue weighted by atomic mass is 16.1. The van der Waals surface area contributed by atoms with Gasteiger partial charge in [0.1, 0.15) is 17.3 Å². The van der Waals surface area contributed by atoms with Crippen LogP contribution in [0.5, 0.6) is 0 Å². The normalized spacial score (nSPS) is 18.5.